The van der Waals surface area contributed by atoms with E-state index in [9.17, 15) is 0 Å². The number of benzene rings is 1. The van der Waals surface area contributed by atoms with Crippen LogP contribution in [0.4, 0.5) is 5.69 Å². The van der Waals surface area contributed by atoms with Gasteiger partial charge in [0.25, 0.3) is 0 Å². The van der Waals surface area contributed by atoms with E-state index in [1.54, 1.807) is 13.2 Å². The molecule has 0 aliphatic rings. The molecule has 0 fully saturated rings. The second-order valence-corrected chi connectivity index (χ2v) is 8.50. The van der Waals surface area contributed by atoms with Gasteiger partial charge in [-0.1, -0.05) is 12.1 Å². The molecule has 1 aromatic carbocycles. The molecule has 0 bridgehead atoms. The van der Waals surface area contributed by atoms with Gasteiger partial charge < -0.3 is 62.6 Å². The normalized spacial score (nSPS) is 11.4. The molecule has 0 heterocycles. The molecule has 0 saturated carbocycles. The van der Waals surface area contributed by atoms with Crippen molar-refractivity contribution in [3.63, 3.8) is 0 Å². The largest absolute Gasteiger partial charge is 0.489 e. The highest BCUT2D eigenvalue weighted by atomic mass is 16.6. The second-order valence-electron chi connectivity index (χ2n) is 8.50. The Morgan fingerprint density at radius 3 is 0.929 bits per heavy atom. The first kappa shape index (κ1) is 38.4. The van der Waals surface area contributed by atoms with E-state index in [1.165, 1.54) is 0 Å². The number of ether oxygens (including phenoxy) is 12. The van der Waals surface area contributed by atoms with E-state index in [2.05, 4.69) is 0 Å². The number of hydrogen-bond donors (Lipinski definition) is 1. The summed E-state index contributed by atoms with van der Waals surface area (Å²) in [7, 11) is 1.64. The summed E-state index contributed by atoms with van der Waals surface area (Å²) in [5.74, 6) is 0.669. The highest BCUT2D eigenvalue weighted by Gasteiger charge is 1.99. The lowest BCUT2D eigenvalue weighted by atomic mass is 10.3. The van der Waals surface area contributed by atoms with Gasteiger partial charge in [0, 0.05) is 7.11 Å². The molecule has 13 nitrogen and oxygen atoms in total. The average Bonchev–Trinajstić information content (AvgIpc) is 3.00. The summed E-state index contributed by atoms with van der Waals surface area (Å²) >= 11 is 0. The molecule has 1 aromatic rings. The van der Waals surface area contributed by atoms with Gasteiger partial charge >= 0.3 is 0 Å². The second kappa shape index (κ2) is 32.3. The first-order valence-electron chi connectivity index (χ1n) is 14.6. The minimum atomic E-state index is 0.439. The summed E-state index contributed by atoms with van der Waals surface area (Å²) in [6.07, 6.45) is 0. The maximum absolute atomic E-state index is 5.81. The van der Waals surface area contributed by atoms with E-state index in [0.717, 1.165) is 0 Å². The number of methoxy groups -OCH3 is 1. The van der Waals surface area contributed by atoms with Crippen LogP contribution in [0.15, 0.2) is 24.3 Å². The smallest absolute Gasteiger partial charge is 0.142 e. The van der Waals surface area contributed by atoms with Crippen molar-refractivity contribution in [3.8, 4) is 5.75 Å². The summed E-state index contributed by atoms with van der Waals surface area (Å²) < 4.78 is 64.8. The van der Waals surface area contributed by atoms with Crippen LogP contribution in [0.3, 0.4) is 0 Å². The van der Waals surface area contributed by atoms with Gasteiger partial charge in [0.2, 0.25) is 0 Å². The van der Waals surface area contributed by atoms with Gasteiger partial charge in [-0.2, -0.15) is 0 Å². The van der Waals surface area contributed by atoms with Crippen molar-refractivity contribution in [1.82, 2.24) is 0 Å². The predicted molar refractivity (Wildman–Crippen MR) is 156 cm³/mol. The number of anilines is 1. The van der Waals surface area contributed by atoms with Crippen LogP contribution >= 0.6 is 0 Å². The quantitative estimate of drug-likeness (QED) is 0.0895. The fraction of sp³-hybridized carbons (Fsp3) is 0.793. The molecule has 0 radical (unpaired) electrons. The van der Waals surface area contributed by atoms with E-state index >= 15 is 0 Å². The third kappa shape index (κ3) is 27.2. The lowest BCUT2D eigenvalue weighted by Gasteiger charge is -2.09. The Kier molecular flexibility index (Phi) is 29.5. The summed E-state index contributed by atoms with van der Waals surface area (Å²) in [5, 5.41) is 0. The van der Waals surface area contributed by atoms with Crippen molar-refractivity contribution in [2.75, 3.05) is 158 Å². The van der Waals surface area contributed by atoms with Gasteiger partial charge in [-0.15, -0.1) is 0 Å². The molecule has 246 valence electrons. The maximum atomic E-state index is 5.81. The van der Waals surface area contributed by atoms with Gasteiger partial charge in [0.15, 0.2) is 0 Å². The number of hydrogen-bond acceptors (Lipinski definition) is 13. The van der Waals surface area contributed by atoms with Crippen LogP contribution in [-0.2, 0) is 52.1 Å². The average molecular weight is 608 g/mol. The van der Waals surface area contributed by atoms with E-state index in [0.29, 0.717) is 157 Å². The van der Waals surface area contributed by atoms with Gasteiger partial charge in [-0.25, -0.2) is 0 Å². The van der Waals surface area contributed by atoms with E-state index in [-0.39, 0.29) is 0 Å². The van der Waals surface area contributed by atoms with Crippen LogP contribution in [0, 0.1) is 0 Å². The first-order chi connectivity index (χ1) is 20.8. The van der Waals surface area contributed by atoms with Crippen LogP contribution < -0.4 is 10.5 Å². The Morgan fingerprint density at radius 1 is 0.381 bits per heavy atom. The summed E-state index contributed by atoms with van der Waals surface area (Å²) in [6.45, 7) is 11.4. The third-order valence-corrected chi connectivity index (χ3v) is 5.18. The summed E-state index contributed by atoms with van der Waals surface area (Å²) in [5.41, 5.74) is 6.43. The number of nitrogen functional groups attached to an aromatic ring is 1. The zero-order valence-corrected chi connectivity index (χ0v) is 25.3. The molecular weight excluding hydrogens is 554 g/mol. The van der Waals surface area contributed by atoms with Crippen LogP contribution in [0.25, 0.3) is 0 Å². The maximum Gasteiger partial charge on any atom is 0.142 e. The Balaban J connectivity index is 1.63. The molecule has 0 unspecified atom stereocenters. The predicted octanol–water partition coefficient (Wildman–Crippen LogP) is 1.46. The first-order valence-corrected chi connectivity index (χ1v) is 14.6. The van der Waals surface area contributed by atoms with Gasteiger partial charge in [-0.3, -0.25) is 0 Å². The van der Waals surface area contributed by atoms with Crippen LogP contribution in [0.5, 0.6) is 5.75 Å². The minimum Gasteiger partial charge on any atom is -0.489 e. The van der Waals surface area contributed by atoms with Gasteiger partial charge in [-0.05, 0) is 12.1 Å². The standard InChI is InChI=1S/C29H53NO12/c1-31-6-7-32-8-9-33-10-11-34-12-13-35-14-15-36-16-17-37-18-19-38-20-21-39-22-23-40-24-25-41-26-27-42-29-5-3-2-4-28(29)30/h2-5H,6-27,30H2,1H3. The third-order valence-electron chi connectivity index (χ3n) is 5.18. The lowest BCUT2D eigenvalue weighted by Crippen LogP contribution is -2.15. The van der Waals surface area contributed by atoms with E-state index in [1.807, 2.05) is 18.2 Å². The molecule has 42 heavy (non-hydrogen) atoms. The van der Waals surface area contributed by atoms with Crippen molar-refractivity contribution in [1.29, 1.82) is 0 Å². The number of rotatable bonds is 34. The van der Waals surface area contributed by atoms with Crippen molar-refractivity contribution in [2.45, 2.75) is 0 Å². The minimum absolute atomic E-state index is 0.439. The summed E-state index contributed by atoms with van der Waals surface area (Å²) in [6, 6.07) is 7.38. The molecule has 1 rings (SSSR count). The topological polar surface area (TPSA) is 137 Å². The summed E-state index contributed by atoms with van der Waals surface area (Å²) in [4.78, 5) is 0. The Bertz CT molecular complexity index is 673. The van der Waals surface area contributed by atoms with Crippen molar-refractivity contribution in [2.24, 2.45) is 0 Å². The molecule has 0 aliphatic carbocycles. The van der Waals surface area contributed by atoms with Crippen LogP contribution in [0.2, 0.25) is 0 Å². The zero-order chi connectivity index (χ0) is 30.0. The SMILES string of the molecule is COCCOCCOCCOCCOCCOCCOCCOCCOCCOCCOCCOc1ccccc1N. The number of nitrogens with two attached hydrogens (primary N) is 1. The number of para-hydroxylation sites is 2. The highest BCUT2D eigenvalue weighted by Crippen LogP contribution is 2.19. The lowest BCUT2D eigenvalue weighted by molar-refractivity contribution is -0.0273. The Morgan fingerprint density at radius 2 is 0.643 bits per heavy atom. The molecule has 13 heteroatoms. The molecule has 0 saturated heterocycles. The molecule has 0 atom stereocenters. The molecular formula is C29H53NO12. The highest BCUT2D eigenvalue weighted by molar-refractivity contribution is 5.51. The van der Waals surface area contributed by atoms with Crippen LogP contribution in [-0.4, -0.2) is 152 Å². The monoisotopic (exact) mass is 607 g/mol. The molecule has 0 aromatic heterocycles. The fourth-order valence-corrected chi connectivity index (χ4v) is 3.05. The molecule has 0 amide bonds. The van der Waals surface area contributed by atoms with Gasteiger partial charge in [0.1, 0.15) is 12.4 Å². The fourth-order valence-electron chi connectivity index (χ4n) is 3.05. The Labute approximate surface area is 251 Å². The van der Waals surface area contributed by atoms with E-state index in [4.69, 9.17) is 62.6 Å². The molecule has 0 spiro atoms. The van der Waals surface area contributed by atoms with E-state index < -0.39 is 0 Å². The molecule has 2 N–H and O–H groups in total. The van der Waals surface area contributed by atoms with Crippen molar-refractivity contribution < 1.29 is 56.8 Å². The zero-order valence-electron chi connectivity index (χ0n) is 25.3. The molecule has 0 aliphatic heterocycles. The Hall–Kier alpha value is -1.62. The van der Waals surface area contributed by atoms with Crippen LogP contribution in [0.1, 0.15) is 0 Å². The van der Waals surface area contributed by atoms with Crippen molar-refractivity contribution >= 4 is 5.69 Å². The van der Waals surface area contributed by atoms with Gasteiger partial charge in [0.05, 0.1) is 144 Å². The van der Waals surface area contributed by atoms with Crippen molar-refractivity contribution in [3.05, 3.63) is 24.3 Å².